The first-order valence-electron chi connectivity index (χ1n) is 8.46. The molecule has 1 amide bonds. The molecule has 7 nitrogen and oxygen atoms in total. The lowest BCUT2D eigenvalue weighted by molar-refractivity contribution is -0.158. The van der Waals surface area contributed by atoms with Gasteiger partial charge in [-0.2, -0.15) is 12.7 Å². The number of hydrogen-bond acceptors (Lipinski definition) is 5. The number of esters is 1. The predicted molar refractivity (Wildman–Crippen MR) is 91.3 cm³/mol. The highest BCUT2D eigenvalue weighted by Gasteiger charge is 2.61. The molecular weight excluding hydrogens is 332 g/mol. The SMILES string of the molecule is CCC1CC1(CC(=O)OC(C)(C)C)C(=O)NS(=O)(=O)N(CC)CC. The van der Waals surface area contributed by atoms with E-state index >= 15 is 0 Å². The molecule has 24 heavy (non-hydrogen) atoms. The van der Waals surface area contributed by atoms with Gasteiger partial charge in [0, 0.05) is 13.1 Å². The summed E-state index contributed by atoms with van der Waals surface area (Å²) in [6.45, 7) is 11.1. The first-order chi connectivity index (χ1) is 10.9. The van der Waals surface area contributed by atoms with Gasteiger partial charge in [-0.15, -0.1) is 0 Å². The van der Waals surface area contributed by atoms with E-state index in [1.54, 1.807) is 34.6 Å². The van der Waals surface area contributed by atoms with Gasteiger partial charge in [-0.05, 0) is 33.1 Å². The second-order valence-corrected chi connectivity index (χ2v) is 8.92. The van der Waals surface area contributed by atoms with Crippen molar-refractivity contribution in [3.05, 3.63) is 0 Å². The van der Waals surface area contributed by atoms with Crippen molar-refractivity contribution < 1.29 is 22.7 Å². The van der Waals surface area contributed by atoms with Crippen molar-refractivity contribution >= 4 is 22.1 Å². The van der Waals surface area contributed by atoms with Crippen LogP contribution in [0.5, 0.6) is 0 Å². The van der Waals surface area contributed by atoms with Gasteiger partial charge in [0.25, 0.3) is 0 Å². The van der Waals surface area contributed by atoms with E-state index < -0.39 is 33.1 Å². The number of hydrogen-bond donors (Lipinski definition) is 1. The number of nitrogens with zero attached hydrogens (tertiary/aromatic N) is 1. The van der Waals surface area contributed by atoms with Gasteiger partial charge in [0.05, 0.1) is 11.8 Å². The maximum atomic E-state index is 12.6. The third-order valence-electron chi connectivity index (χ3n) is 4.32. The summed E-state index contributed by atoms with van der Waals surface area (Å²) < 4.78 is 33.1. The first-order valence-corrected chi connectivity index (χ1v) is 9.90. The molecule has 1 fully saturated rings. The molecule has 0 radical (unpaired) electrons. The van der Waals surface area contributed by atoms with Crippen LogP contribution in [0.15, 0.2) is 0 Å². The van der Waals surface area contributed by atoms with E-state index in [0.29, 0.717) is 12.8 Å². The number of carbonyl (C=O) groups is 2. The van der Waals surface area contributed by atoms with Crippen LogP contribution in [-0.2, 0) is 24.5 Å². The van der Waals surface area contributed by atoms with Crippen molar-refractivity contribution in [3.63, 3.8) is 0 Å². The second kappa shape index (κ2) is 7.39. The summed E-state index contributed by atoms with van der Waals surface area (Å²) in [4.78, 5) is 24.8. The maximum Gasteiger partial charge on any atom is 0.307 e. The molecule has 1 rings (SSSR count). The van der Waals surface area contributed by atoms with Crippen LogP contribution in [0.3, 0.4) is 0 Å². The van der Waals surface area contributed by atoms with Crippen molar-refractivity contribution in [2.45, 2.75) is 66.4 Å². The van der Waals surface area contributed by atoms with E-state index in [9.17, 15) is 18.0 Å². The number of ether oxygens (including phenoxy) is 1. The minimum atomic E-state index is -3.89. The largest absolute Gasteiger partial charge is 0.460 e. The van der Waals surface area contributed by atoms with Gasteiger partial charge in [0.1, 0.15) is 5.60 Å². The Balaban J connectivity index is 2.89. The van der Waals surface area contributed by atoms with Gasteiger partial charge in [0.15, 0.2) is 0 Å². The van der Waals surface area contributed by atoms with E-state index in [1.165, 1.54) is 4.31 Å². The Kier molecular flexibility index (Phi) is 6.43. The zero-order valence-electron chi connectivity index (χ0n) is 15.5. The summed E-state index contributed by atoms with van der Waals surface area (Å²) in [5.41, 5.74) is -1.62. The number of amides is 1. The molecule has 1 saturated carbocycles. The van der Waals surface area contributed by atoms with E-state index in [2.05, 4.69) is 4.72 Å². The predicted octanol–water partition coefficient (Wildman–Crippen LogP) is 1.84. The topological polar surface area (TPSA) is 92.8 Å². The van der Waals surface area contributed by atoms with E-state index in [4.69, 9.17) is 4.74 Å². The smallest absolute Gasteiger partial charge is 0.307 e. The molecule has 140 valence electrons. The van der Waals surface area contributed by atoms with Crippen molar-refractivity contribution in [2.24, 2.45) is 11.3 Å². The molecular formula is C16H30N2O5S. The summed E-state index contributed by atoms with van der Waals surface area (Å²) in [6, 6.07) is 0. The summed E-state index contributed by atoms with van der Waals surface area (Å²) >= 11 is 0. The van der Waals surface area contributed by atoms with Crippen molar-refractivity contribution in [3.8, 4) is 0 Å². The lowest BCUT2D eigenvalue weighted by Crippen LogP contribution is -2.47. The fourth-order valence-corrected chi connectivity index (χ4v) is 4.22. The van der Waals surface area contributed by atoms with Gasteiger partial charge >= 0.3 is 16.2 Å². The lowest BCUT2D eigenvalue weighted by atomic mass is 9.97. The van der Waals surface area contributed by atoms with Crippen LogP contribution in [-0.4, -0.2) is 43.3 Å². The number of rotatable bonds is 8. The van der Waals surface area contributed by atoms with Crippen molar-refractivity contribution in [1.82, 2.24) is 9.03 Å². The highest BCUT2D eigenvalue weighted by atomic mass is 32.2. The Morgan fingerprint density at radius 1 is 1.21 bits per heavy atom. The molecule has 0 aromatic carbocycles. The van der Waals surface area contributed by atoms with Crippen LogP contribution in [0, 0.1) is 11.3 Å². The third kappa shape index (κ3) is 4.92. The molecule has 2 atom stereocenters. The van der Waals surface area contributed by atoms with Gasteiger partial charge < -0.3 is 4.74 Å². The standard InChI is InChI=1S/C16H30N2O5S/c1-7-12-10-16(12,11-13(19)23-15(4,5)6)14(20)17-24(21,22)18(8-2)9-3/h12H,7-11H2,1-6H3,(H,17,20). The van der Waals surface area contributed by atoms with Crippen LogP contribution < -0.4 is 4.72 Å². The average molecular weight is 362 g/mol. The number of carbonyl (C=O) groups excluding carboxylic acids is 2. The van der Waals surface area contributed by atoms with E-state index in [0.717, 1.165) is 0 Å². The van der Waals surface area contributed by atoms with Crippen LogP contribution in [0.4, 0.5) is 0 Å². The molecule has 0 spiro atoms. The van der Waals surface area contributed by atoms with Crippen LogP contribution >= 0.6 is 0 Å². The minimum absolute atomic E-state index is 0.00285. The summed E-state index contributed by atoms with van der Waals surface area (Å²) in [5.74, 6) is -1.09. The highest BCUT2D eigenvalue weighted by molar-refractivity contribution is 7.87. The van der Waals surface area contributed by atoms with E-state index in [1.807, 2.05) is 6.92 Å². The molecule has 0 aromatic heterocycles. The molecule has 2 unspecified atom stereocenters. The van der Waals surface area contributed by atoms with Crippen LogP contribution in [0.2, 0.25) is 0 Å². The summed E-state index contributed by atoms with van der Waals surface area (Å²) in [7, 11) is -3.89. The molecule has 0 saturated heterocycles. The van der Waals surface area contributed by atoms with Crippen molar-refractivity contribution in [1.29, 1.82) is 0 Å². The molecule has 0 bridgehead atoms. The lowest BCUT2D eigenvalue weighted by Gasteiger charge is -2.24. The van der Waals surface area contributed by atoms with E-state index in [-0.39, 0.29) is 25.4 Å². The van der Waals surface area contributed by atoms with Crippen LogP contribution in [0.1, 0.15) is 60.8 Å². The molecule has 8 heteroatoms. The Hall–Kier alpha value is -1.15. The van der Waals surface area contributed by atoms with Crippen LogP contribution in [0.25, 0.3) is 0 Å². The fourth-order valence-electron chi connectivity index (χ4n) is 2.97. The molecule has 1 aliphatic rings. The van der Waals surface area contributed by atoms with Crippen molar-refractivity contribution in [2.75, 3.05) is 13.1 Å². The van der Waals surface area contributed by atoms with Gasteiger partial charge in [0.2, 0.25) is 5.91 Å². The van der Waals surface area contributed by atoms with Gasteiger partial charge in [-0.3, -0.25) is 9.59 Å². The molecule has 1 N–H and O–H groups in total. The Labute approximate surface area is 145 Å². The normalized spacial score (nSPS) is 23.9. The van der Waals surface area contributed by atoms with Gasteiger partial charge in [-0.1, -0.05) is 27.2 Å². The quantitative estimate of drug-likeness (QED) is 0.665. The molecule has 0 aromatic rings. The summed E-state index contributed by atoms with van der Waals surface area (Å²) in [5, 5.41) is 0. The molecule has 1 aliphatic carbocycles. The Morgan fingerprint density at radius 3 is 2.12 bits per heavy atom. The molecule has 0 aliphatic heterocycles. The summed E-state index contributed by atoms with van der Waals surface area (Å²) in [6.07, 6.45) is 1.12. The molecule has 0 heterocycles. The fraction of sp³-hybridized carbons (Fsp3) is 0.875. The zero-order valence-corrected chi connectivity index (χ0v) is 16.3. The zero-order chi connectivity index (χ0) is 18.8. The highest BCUT2D eigenvalue weighted by Crippen LogP contribution is 2.57. The number of nitrogens with one attached hydrogen (secondary N) is 1. The Bertz CT molecular complexity index is 578. The average Bonchev–Trinajstić information content (AvgIpc) is 3.11. The third-order valence-corrected chi connectivity index (χ3v) is 5.96. The minimum Gasteiger partial charge on any atom is -0.460 e. The van der Waals surface area contributed by atoms with Gasteiger partial charge in [-0.25, -0.2) is 4.72 Å². The first kappa shape index (κ1) is 20.9. The maximum absolute atomic E-state index is 12.6. The second-order valence-electron chi connectivity index (χ2n) is 7.25. The monoisotopic (exact) mass is 362 g/mol. The Morgan fingerprint density at radius 2 is 1.75 bits per heavy atom.